The topological polar surface area (TPSA) is 57.5 Å². The summed E-state index contributed by atoms with van der Waals surface area (Å²) in [6.07, 6.45) is -4.55. The first-order chi connectivity index (χ1) is 11.3. The number of alkyl halides is 3. The fourth-order valence-electron chi connectivity index (χ4n) is 2.38. The molecule has 0 saturated heterocycles. The highest BCUT2D eigenvalue weighted by molar-refractivity contribution is 6.37. The number of hydrogen-bond donors (Lipinski definition) is 2. The van der Waals surface area contributed by atoms with E-state index in [1.807, 2.05) is 0 Å². The number of pyridine rings is 1. The van der Waals surface area contributed by atoms with Crippen molar-refractivity contribution >= 4 is 23.0 Å². The van der Waals surface area contributed by atoms with Gasteiger partial charge in [0.2, 0.25) is 0 Å². The van der Waals surface area contributed by atoms with Crippen LogP contribution >= 0.6 is 11.6 Å². The first-order valence-electron chi connectivity index (χ1n) is 6.79. The second-order valence-electron chi connectivity index (χ2n) is 5.03. The molecule has 2 aromatic rings. The average molecular weight is 360 g/mol. The van der Waals surface area contributed by atoms with E-state index >= 15 is 0 Å². The molecule has 1 atom stereocenters. The molecule has 1 aromatic heterocycles. The highest BCUT2D eigenvalue weighted by atomic mass is 35.5. The smallest absolute Gasteiger partial charge is 0.372 e. The zero-order chi connectivity index (χ0) is 17.5. The van der Waals surface area contributed by atoms with Crippen molar-refractivity contribution in [1.82, 2.24) is 4.98 Å². The van der Waals surface area contributed by atoms with Gasteiger partial charge in [0, 0.05) is 17.4 Å². The van der Waals surface area contributed by atoms with Crippen LogP contribution in [0.2, 0.25) is 5.02 Å². The summed E-state index contributed by atoms with van der Waals surface area (Å²) in [7, 11) is 0. The monoisotopic (exact) mass is 359 g/mol. The maximum atomic E-state index is 14.1. The Hall–Kier alpha value is -2.19. The van der Waals surface area contributed by atoms with Gasteiger partial charge >= 0.3 is 6.18 Å². The molecule has 2 N–H and O–H groups in total. The van der Waals surface area contributed by atoms with Crippen LogP contribution in [0.25, 0.3) is 0 Å². The number of nitrogens with one attached hydrogen (secondary N) is 1. The number of benzene rings is 1. The number of benzodiazepines with no additional fused rings is 1. The maximum Gasteiger partial charge on any atom is 0.417 e. The van der Waals surface area contributed by atoms with Crippen LogP contribution in [0.5, 0.6) is 0 Å². The van der Waals surface area contributed by atoms with Gasteiger partial charge in [0.25, 0.3) is 0 Å². The van der Waals surface area contributed by atoms with Gasteiger partial charge in [0.1, 0.15) is 11.9 Å². The van der Waals surface area contributed by atoms with Crippen LogP contribution in [0, 0.1) is 5.82 Å². The zero-order valence-corrected chi connectivity index (χ0v) is 12.7. The lowest BCUT2D eigenvalue weighted by atomic mass is 10.0. The van der Waals surface area contributed by atoms with Gasteiger partial charge in [0.05, 0.1) is 22.8 Å². The van der Waals surface area contributed by atoms with Crippen LogP contribution in [-0.4, -0.2) is 28.6 Å². The normalized spacial score (nSPS) is 17.6. The van der Waals surface area contributed by atoms with Gasteiger partial charge in [-0.2, -0.15) is 13.2 Å². The minimum Gasteiger partial charge on any atom is -0.372 e. The maximum absolute atomic E-state index is 14.1. The molecule has 3 rings (SSSR count). The van der Waals surface area contributed by atoms with Crippen LogP contribution in [-0.2, 0) is 6.18 Å². The molecule has 126 valence electrons. The Morgan fingerprint density at radius 1 is 1.25 bits per heavy atom. The molecule has 9 heteroatoms. The summed E-state index contributed by atoms with van der Waals surface area (Å²) in [5.74, 6) is -0.757. The van der Waals surface area contributed by atoms with E-state index in [1.165, 1.54) is 12.3 Å². The molecule has 0 aliphatic carbocycles. The predicted octanol–water partition coefficient (Wildman–Crippen LogP) is 3.47. The number of rotatable bonds is 1. The lowest BCUT2D eigenvalue weighted by molar-refractivity contribution is -0.137. The largest absolute Gasteiger partial charge is 0.417 e. The standard InChI is InChI=1S/C15H10ClF4N3O/c16-12-7(15(18,19)20)3-4-9-11(12)14(22-6-10(24)23-9)13-8(17)2-1-5-21-13/h1-5,10,23-24H,6H2. The molecule has 0 amide bonds. The summed E-state index contributed by atoms with van der Waals surface area (Å²) in [6.45, 7) is -0.197. The third kappa shape index (κ3) is 2.94. The molecule has 0 spiro atoms. The molecule has 0 saturated carbocycles. The number of aliphatic hydroxyl groups is 1. The lowest BCUT2D eigenvalue weighted by Gasteiger charge is -2.17. The molecule has 1 unspecified atom stereocenters. The van der Waals surface area contributed by atoms with E-state index in [-0.39, 0.29) is 29.2 Å². The summed E-state index contributed by atoms with van der Waals surface area (Å²) in [5, 5.41) is 11.8. The van der Waals surface area contributed by atoms with Crippen LogP contribution in [0.4, 0.5) is 23.2 Å². The van der Waals surface area contributed by atoms with Gasteiger partial charge < -0.3 is 10.4 Å². The quantitative estimate of drug-likeness (QED) is 0.766. The predicted molar refractivity (Wildman–Crippen MR) is 80.8 cm³/mol. The SMILES string of the molecule is OC1CN=C(c2ncccc2F)c2c(ccc(C(F)(F)F)c2Cl)N1. The molecular weight excluding hydrogens is 350 g/mol. The van der Waals surface area contributed by atoms with Crippen LogP contribution in [0.15, 0.2) is 35.5 Å². The van der Waals surface area contributed by atoms with E-state index in [9.17, 15) is 22.7 Å². The van der Waals surface area contributed by atoms with Crippen molar-refractivity contribution in [1.29, 1.82) is 0 Å². The molecule has 2 heterocycles. The number of nitrogens with zero attached hydrogens (tertiary/aromatic N) is 2. The number of aliphatic hydroxyl groups excluding tert-OH is 1. The summed E-state index contributed by atoms with van der Waals surface area (Å²) in [4.78, 5) is 7.86. The number of halogens is 5. The first-order valence-corrected chi connectivity index (χ1v) is 7.17. The number of aliphatic imine (C=N–C) groups is 1. The first kappa shape index (κ1) is 16.7. The molecule has 1 aliphatic heterocycles. The third-order valence-corrected chi connectivity index (χ3v) is 3.80. The van der Waals surface area contributed by atoms with Crippen molar-refractivity contribution in [2.45, 2.75) is 12.4 Å². The Kier molecular flexibility index (Phi) is 4.18. The molecule has 1 aromatic carbocycles. The van der Waals surface area contributed by atoms with E-state index in [2.05, 4.69) is 15.3 Å². The van der Waals surface area contributed by atoms with Crippen molar-refractivity contribution in [2.24, 2.45) is 4.99 Å². The van der Waals surface area contributed by atoms with E-state index in [1.54, 1.807) is 0 Å². The highest BCUT2D eigenvalue weighted by Gasteiger charge is 2.36. The van der Waals surface area contributed by atoms with Gasteiger partial charge in [-0.25, -0.2) is 4.39 Å². The Labute approximate surface area is 138 Å². The fraction of sp³-hybridized carbons (Fsp3) is 0.200. The molecule has 24 heavy (non-hydrogen) atoms. The molecule has 0 fully saturated rings. The molecule has 4 nitrogen and oxygen atoms in total. The van der Waals surface area contributed by atoms with Crippen LogP contribution in [0.3, 0.4) is 0 Å². The second kappa shape index (κ2) is 6.03. The van der Waals surface area contributed by atoms with Gasteiger partial charge in [-0.05, 0) is 24.3 Å². The number of fused-ring (bicyclic) bond motifs is 1. The van der Waals surface area contributed by atoms with Crippen molar-refractivity contribution < 1.29 is 22.7 Å². The summed E-state index contributed by atoms with van der Waals surface area (Å²) >= 11 is 5.96. The van der Waals surface area contributed by atoms with Crippen molar-refractivity contribution in [3.05, 3.63) is 58.1 Å². The lowest BCUT2D eigenvalue weighted by Crippen LogP contribution is -2.21. The van der Waals surface area contributed by atoms with E-state index in [4.69, 9.17) is 11.6 Å². The van der Waals surface area contributed by atoms with Crippen LogP contribution in [0.1, 0.15) is 16.8 Å². The number of aromatic nitrogens is 1. The summed E-state index contributed by atoms with van der Waals surface area (Å²) < 4.78 is 53.4. The summed E-state index contributed by atoms with van der Waals surface area (Å²) in [6, 6.07) is 4.37. The Bertz CT molecular complexity index is 823. The second-order valence-corrected chi connectivity index (χ2v) is 5.41. The minimum absolute atomic E-state index is 0.113. The molecule has 1 aliphatic rings. The van der Waals surface area contributed by atoms with Gasteiger partial charge in [-0.1, -0.05) is 11.6 Å². The van der Waals surface area contributed by atoms with E-state index in [0.717, 1.165) is 18.2 Å². The van der Waals surface area contributed by atoms with E-state index < -0.39 is 28.8 Å². The Morgan fingerprint density at radius 3 is 2.67 bits per heavy atom. The van der Waals surface area contributed by atoms with Gasteiger partial charge in [0.15, 0.2) is 5.82 Å². The third-order valence-electron chi connectivity index (χ3n) is 3.41. The number of anilines is 1. The van der Waals surface area contributed by atoms with E-state index in [0.29, 0.717) is 0 Å². The fourth-order valence-corrected chi connectivity index (χ4v) is 2.74. The highest BCUT2D eigenvalue weighted by Crippen LogP contribution is 2.40. The molecule has 0 bridgehead atoms. The minimum atomic E-state index is -4.69. The zero-order valence-electron chi connectivity index (χ0n) is 11.9. The average Bonchev–Trinajstić information content (AvgIpc) is 2.66. The summed E-state index contributed by atoms with van der Waals surface area (Å²) in [5.41, 5.74) is -1.51. The molecular formula is C15H10ClF4N3O. The van der Waals surface area contributed by atoms with Crippen molar-refractivity contribution in [3.8, 4) is 0 Å². The number of hydrogen-bond acceptors (Lipinski definition) is 4. The van der Waals surface area contributed by atoms with Crippen LogP contribution < -0.4 is 5.32 Å². The Balaban J connectivity index is 2.29. The Morgan fingerprint density at radius 2 is 2.00 bits per heavy atom. The van der Waals surface area contributed by atoms with Crippen molar-refractivity contribution in [2.75, 3.05) is 11.9 Å². The van der Waals surface area contributed by atoms with Crippen molar-refractivity contribution in [3.63, 3.8) is 0 Å². The van der Waals surface area contributed by atoms with Gasteiger partial charge in [-0.15, -0.1) is 0 Å². The van der Waals surface area contributed by atoms with Gasteiger partial charge in [-0.3, -0.25) is 9.98 Å². The molecule has 0 radical (unpaired) electrons.